The first-order valence-electron chi connectivity index (χ1n) is 12.3. The molecule has 0 atom stereocenters. The van der Waals surface area contributed by atoms with Gasteiger partial charge >= 0.3 is 5.69 Å². The largest absolute Gasteiger partial charge is 0.351 e. The Morgan fingerprint density at radius 2 is 1.76 bits per heavy atom. The van der Waals surface area contributed by atoms with Gasteiger partial charge in [0.2, 0.25) is 5.95 Å². The highest BCUT2D eigenvalue weighted by atomic mass is 35.5. The van der Waals surface area contributed by atoms with Crippen LogP contribution in [0.2, 0.25) is 0 Å². The fourth-order valence-electron chi connectivity index (χ4n) is 4.49. The van der Waals surface area contributed by atoms with Crippen LogP contribution < -0.4 is 11.0 Å². The number of benzene rings is 1. The van der Waals surface area contributed by atoms with Gasteiger partial charge in [0.25, 0.3) is 5.91 Å². The molecule has 1 aromatic carbocycles. The molecule has 3 aromatic heterocycles. The molecule has 9 nitrogen and oxygen atoms in total. The molecule has 1 amide bonds. The van der Waals surface area contributed by atoms with E-state index in [9.17, 15) is 14.0 Å². The average Bonchev–Trinajstić information content (AvgIpc) is 3.27. The zero-order chi connectivity index (χ0) is 25.9. The van der Waals surface area contributed by atoms with Crippen molar-refractivity contribution in [2.45, 2.75) is 38.8 Å². The molecule has 5 rings (SSSR count). The molecular weight excluding hydrogens is 509 g/mol. The fourth-order valence-corrected chi connectivity index (χ4v) is 4.49. The third kappa shape index (κ3) is 5.60. The number of rotatable bonds is 6. The monoisotopic (exact) mass is 537 g/mol. The van der Waals surface area contributed by atoms with Crippen LogP contribution in [0.5, 0.6) is 0 Å². The standard InChI is InChI=1S/C27H28FN7O2.ClH/c1-18(2)34-17-24(35(27(34)37)21-8-6-19(28)7-9-21)22-10-14-30-26(32-22)31-20-11-15-33(16-12-20)25(36)23-5-3-4-13-29-23;/h3-10,13-14,17-18,20H,11-12,15-16H2,1-2H3,(H,30,31,32);1H. The Hall–Kier alpha value is -4.05. The van der Waals surface area contributed by atoms with E-state index in [0.717, 1.165) is 12.8 Å². The van der Waals surface area contributed by atoms with E-state index in [2.05, 4.69) is 15.3 Å². The Kier molecular flexibility index (Phi) is 8.21. The minimum atomic E-state index is -0.372. The number of likely N-dealkylation sites (tertiary alicyclic amines) is 1. The number of aromatic nitrogens is 5. The maximum Gasteiger partial charge on any atom is 0.333 e. The van der Waals surface area contributed by atoms with Crippen LogP contribution in [0.15, 0.2) is 71.9 Å². The van der Waals surface area contributed by atoms with Gasteiger partial charge in [-0.3, -0.25) is 18.9 Å². The van der Waals surface area contributed by atoms with E-state index in [-0.39, 0.29) is 41.9 Å². The second-order valence-electron chi connectivity index (χ2n) is 9.30. The highest BCUT2D eigenvalue weighted by Gasteiger charge is 2.25. The van der Waals surface area contributed by atoms with Crippen molar-refractivity contribution in [3.05, 3.63) is 89.1 Å². The molecular formula is C27H29ClFN7O2. The summed E-state index contributed by atoms with van der Waals surface area (Å²) in [5, 5.41) is 3.38. The first kappa shape index (κ1) is 27.0. The molecule has 0 saturated carbocycles. The van der Waals surface area contributed by atoms with Crippen LogP contribution in [0, 0.1) is 5.82 Å². The third-order valence-electron chi connectivity index (χ3n) is 6.47. The summed E-state index contributed by atoms with van der Waals surface area (Å²) in [7, 11) is 0. The highest BCUT2D eigenvalue weighted by molar-refractivity contribution is 5.92. The van der Waals surface area contributed by atoms with E-state index in [0.29, 0.717) is 41.8 Å². The van der Waals surface area contributed by atoms with Crippen LogP contribution in [0.25, 0.3) is 17.1 Å². The number of carbonyl (C=O) groups is 1. The molecule has 11 heteroatoms. The van der Waals surface area contributed by atoms with Crippen LogP contribution in [0.4, 0.5) is 10.3 Å². The molecule has 198 valence electrons. The van der Waals surface area contributed by atoms with Crippen LogP contribution >= 0.6 is 12.4 Å². The van der Waals surface area contributed by atoms with Gasteiger partial charge in [-0.25, -0.2) is 19.2 Å². The Balaban J connectivity index is 0.00000336. The van der Waals surface area contributed by atoms with Crippen molar-refractivity contribution in [1.29, 1.82) is 0 Å². The Bertz CT molecular complexity index is 1450. The van der Waals surface area contributed by atoms with Gasteiger partial charge in [-0.15, -0.1) is 12.4 Å². The number of anilines is 1. The van der Waals surface area contributed by atoms with Crippen molar-refractivity contribution in [3.63, 3.8) is 0 Å². The highest BCUT2D eigenvalue weighted by Crippen LogP contribution is 2.23. The maximum absolute atomic E-state index is 13.5. The third-order valence-corrected chi connectivity index (χ3v) is 6.47. The number of pyridine rings is 1. The number of hydrogen-bond donors (Lipinski definition) is 1. The molecule has 4 heterocycles. The van der Waals surface area contributed by atoms with Crippen molar-refractivity contribution in [2.75, 3.05) is 18.4 Å². The van der Waals surface area contributed by atoms with Gasteiger partial charge < -0.3 is 10.2 Å². The van der Waals surface area contributed by atoms with Gasteiger partial charge in [0.05, 0.1) is 17.1 Å². The SMILES string of the molecule is CC(C)n1cc(-c2ccnc(NC3CCN(C(=O)c4ccccn4)CC3)n2)n(-c2ccc(F)cc2)c1=O.Cl. The summed E-state index contributed by atoms with van der Waals surface area (Å²) in [6.45, 7) is 5.07. The van der Waals surface area contributed by atoms with E-state index in [1.165, 1.54) is 16.7 Å². The molecule has 1 aliphatic rings. The van der Waals surface area contributed by atoms with Gasteiger partial charge in [0.15, 0.2) is 0 Å². The van der Waals surface area contributed by atoms with Gasteiger partial charge in [-0.2, -0.15) is 0 Å². The second-order valence-corrected chi connectivity index (χ2v) is 9.30. The molecule has 1 aliphatic heterocycles. The molecule has 0 spiro atoms. The number of carbonyl (C=O) groups excluding carboxylic acids is 1. The summed E-state index contributed by atoms with van der Waals surface area (Å²) < 4.78 is 16.7. The van der Waals surface area contributed by atoms with Crippen molar-refractivity contribution in [3.8, 4) is 17.1 Å². The topological polar surface area (TPSA) is 97.9 Å². The van der Waals surface area contributed by atoms with Gasteiger partial charge in [-0.1, -0.05) is 6.07 Å². The molecule has 1 N–H and O–H groups in total. The van der Waals surface area contributed by atoms with Crippen molar-refractivity contribution >= 4 is 24.3 Å². The number of nitrogens with zero attached hydrogens (tertiary/aromatic N) is 6. The first-order chi connectivity index (χ1) is 17.9. The lowest BCUT2D eigenvalue weighted by atomic mass is 10.0. The van der Waals surface area contributed by atoms with Crippen molar-refractivity contribution in [1.82, 2.24) is 29.0 Å². The zero-order valence-electron chi connectivity index (χ0n) is 21.1. The predicted molar refractivity (Wildman–Crippen MR) is 145 cm³/mol. The molecule has 1 saturated heterocycles. The lowest BCUT2D eigenvalue weighted by molar-refractivity contribution is 0.0712. The predicted octanol–water partition coefficient (Wildman–Crippen LogP) is 4.35. The van der Waals surface area contributed by atoms with Crippen molar-refractivity contribution in [2.24, 2.45) is 0 Å². The smallest absolute Gasteiger partial charge is 0.333 e. The van der Waals surface area contributed by atoms with Gasteiger partial charge in [0, 0.05) is 43.8 Å². The number of nitrogens with one attached hydrogen (secondary N) is 1. The second kappa shape index (κ2) is 11.6. The Morgan fingerprint density at radius 3 is 2.42 bits per heavy atom. The summed E-state index contributed by atoms with van der Waals surface area (Å²) in [6, 6.07) is 12.9. The molecule has 0 aliphatic carbocycles. The van der Waals surface area contributed by atoms with E-state index in [1.54, 1.807) is 53.5 Å². The van der Waals surface area contributed by atoms with Crippen LogP contribution in [0.3, 0.4) is 0 Å². The molecule has 0 unspecified atom stereocenters. The molecule has 0 bridgehead atoms. The van der Waals surface area contributed by atoms with Crippen molar-refractivity contribution < 1.29 is 9.18 Å². The van der Waals surface area contributed by atoms with E-state index in [4.69, 9.17) is 4.98 Å². The lowest BCUT2D eigenvalue weighted by Gasteiger charge is -2.32. The Morgan fingerprint density at radius 1 is 1.03 bits per heavy atom. The number of piperidine rings is 1. The lowest BCUT2D eigenvalue weighted by Crippen LogP contribution is -2.42. The maximum atomic E-state index is 13.5. The number of halogens is 2. The molecule has 0 radical (unpaired) electrons. The summed E-state index contributed by atoms with van der Waals surface area (Å²) >= 11 is 0. The minimum Gasteiger partial charge on any atom is -0.351 e. The number of hydrogen-bond acceptors (Lipinski definition) is 6. The van der Waals surface area contributed by atoms with Gasteiger partial charge in [-0.05, 0) is 69.2 Å². The van der Waals surface area contributed by atoms with Crippen LogP contribution in [-0.2, 0) is 0 Å². The quantitative estimate of drug-likeness (QED) is 0.393. The average molecular weight is 538 g/mol. The minimum absolute atomic E-state index is 0. The summed E-state index contributed by atoms with van der Waals surface area (Å²) in [6.07, 6.45) is 6.53. The molecule has 4 aromatic rings. The molecule has 38 heavy (non-hydrogen) atoms. The van der Waals surface area contributed by atoms with E-state index in [1.807, 2.05) is 24.8 Å². The summed E-state index contributed by atoms with van der Waals surface area (Å²) in [5.41, 5.74) is 1.94. The zero-order valence-corrected chi connectivity index (χ0v) is 21.9. The number of imidazole rings is 1. The first-order valence-corrected chi connectivity index (χ1v) is 12.3. The normalized spacial score (nSPS) is 13.8. The Labute approximate surface area is 225 Å². The summed E-state index contributed by atoms with van der Waals surface area (Å²) in [5.74, 6) is 0.0103. The van der Waals surface area contributed by atoms with Gasteiger partial charge in [0.1, 0.15) is 11.5 Å². The van der Waals surface area contributed by atoms with Crippen LogP contribution in [-0.4, -0.2) is 54.0 Å². The summed E-state index contributed by atoms with van der Waals surface area (Å²) in [4.78, 5) is 40.9. The molecule has 1 fully saturated rings. The van der Waals surface area contributed by atoms with Crippen LogP contribution in [0.1, 0.15) is 43.2 Å². The fraction of sp³-hybridized carbons (Fsp3) is 0.296. The van der Waals surface area contributed by atoms with E-state index < -0.39 is 0 Å². The number of amides is 1. The van der Waals surface area contributed by atoms with E-state index >= 15 is 0 Å².